The highest BCUT2D eigenvalue weighted by atomic mass is 16.3. The van der Waals surface area contributed by atoms with E-state index in [2.05, 4.69) is 19.1 Å². The van der Waals surface area contributed by atoms with E-state index in [9.17, 15) is 15.0 Å². The van der Waals surface area contributed by atoms with Crippen molar-refractivity contribution in [3.05, 3.63) is 23.8 Å². The van der Waals surface area contributed by atoms with E-state index in [1.165, 1.54) is 12.0 Å². The predicted octanol–water partition coefficient (Wildman–Crippen LogP) is 3.86. The lowest BCUT2D eigenvalue weighted by Gasteiger charge is -2.17. The summed E-state index contributed by atoms with van der Waals surface area (Å²) < 4.78 is 0. The van der Waals surface area contributed by atoms with Crippen molar-refractivity contribution in [2.24, 2.45) is 23.5 Å². The van der Waals surface area contributed by atoms with Gasteiger partial charge in [0.25, 0.3) is 0 Å². The minimum Gasteiger partial charge on any atom is -0.392 e. The van der Waals surface area contributed by atoms with E-state index in [1.807, 2.05) is 6.08 Å². The highest BCUT2D eigenvalue weighted by Gasteiger charge is 2.44. The van der Waals surface area contributed by atoms with E-state index >= 15 is 0 Å². The number of hydrogen-bond donors (Lipinski definition) is 3. The SMILES string of the molecule is CCCCC[C@H](O)/C=C/[C@@H]1[C@H]2C/C(=C/CCCCC(N)=O)C[C@H]2C[C@H]1O. The van der Waals surface area contributed by atoms with Crippen molar-refractivity contribution in [1.82, 2.24) is 0 Å². The monoisotopic (exact) mass is 363 g/mol. The van der Waals surface area contributed by atoms with Gasteiger partial charge < -0.3 is 15.9 Å². The number of primary amides is 1. The molecule has 2 aliphatic rings. The fraction of sp³-hybridized carbons (Fsp3) is 0.773. The molecule has 2 aliphatic carbocycles. The molecule has 0 spiro atoms. The maximum absolute atomic E-state index is 10.8. The molecule has 0 aromatic rings. The van der Waals surface area contributed by atoms with E-state index in [0.717, 1.165) is 57.8 Å². The number of allylic oxidation sites excluding steroid dienone is 2. The molecule has 148 valence electrons. The number of hydrogen-bond acceptors (Lipinski definition) is 3. The third-order valence-electron chi connectivity index (χ3n) is 6.08. The van der Waals surface area contributed by atoms with Crippen LogP contribution < -0.4 is 5.73 Å². The predicted molar refractivity (Wildman–Crippen MR) is 105 cm³/mol. The summed E-state index contributed by atoms with van der Waals surface area (Å²) in [5.74, 6) is 1.06. The Morgan fingerprint density at radius 2 is 2.08 bits per heavy atom. The summed E-state index contributed by atoms with van der Waals surface area (Å²) >= 11 is 0. The molecule has 4 heteroatoms. The molecule has 0 unspecified atom stereocenters. The summed E-state index contributed by atoms with van der Waals surface area (Å²) in [7, 11) is 0. The summed E-state index contributed by atoms with van der Waals surface area (Å²) in [5, 5.41) is 20.5. The van der Waals surface area contributed by atoms with Crippen LogP contribution in [0.2, 0.25) is 0 Å². The minimum atomic E-state index is -0.380. The third kappa shape index (κ3) is 6.55. The topological polar surface area (TPSA) is 83.5 Å². The fourth-order valence-electron chi connectivity index (χ4n) is 4.65. The molecule has 2 fully saturated rings. The number of carbonyl (C=O) groups is 1. The van der Waals surface area contributed by atoms with E-state index in [0.29, 0.717) is 18.3 Å². The van der Waals surface area contributed by atoms with Gasteiger partial charge in [0.2, 0.25) is 5.91 Å². The molecule has 0 aromatic heterocycles. The Labute approximate surface area is 158 Å². The first-order chi connectivity index (χ1) is 12.5. The Morgan fingerprint density at radius 3 is 2.81 bits per heavy atom. The van der Waals surface area contributed by atoms with Crippen LogP contribution in [0.15, 0.2) is 23.8 Å². The van der Waals surface area contributed by atoms with Crippen LogP contribution in [0.25, 0.3) is 0 Å². The van der Waals surface area contributed by atoms with Crippen LogP contribution in [0.1, 0.15) is 77.6 Å². The first-order valence-electron chi connectivity index (χ1n) is 10.5. The normalized spacial score (nSPS) is 31.0. The van der Waals surface area contributed by atoms with Gasteiger partial charge in [0.15, 0.2) is 0 Å². The first kappa shape index (κ1) is 21.2. The fourth-order valence-corrected chi connectivity index (χ4v) is 4.65. The lowest BCUT2D eigenvalue weighted by molar-refractivity contribution is -0.118. The molecule has 26 heavy (non-hydrogen) atoms. The second-order valence-corrected chi connectivity index (χ2v) is 8.24. The molecule has 2 rings (SSSR count). The van der Waals surface area contributed by atoms with Gasteiger partial charge in [-0.3, -0.25) is 4.79 Å². The number of carbonyl (C=O) groups excluding carboxylic acids is 1. The number of unbranched alkanes of at least 4 members (excludes halogenated alkanes) is 4. The van der Waals surface area contributed by atoms with Crippen molar-refractivity contribution >= 4 is 5.91 Å². The second kappa shape index (κ2) is 10.9. The average Bonchev–Trinajstić information content (AvgIpc) is 3.09. The van der Waals surface area contributed by atoms with Crippen molar-refractivity contribution in [2.45, 2.75) is 89.8 Å². The molecule has 4 nitrogen and oxygen atoms in total. The zero-order chi connectivity index (χ0) is 18.9. The highest BCUT2D eigenvalue weighted by molar-refractivity contribution is 5.73. The summed E-state index contributed by atoms with van der Waals surface area (Å²) in [6.45, 7) is 2.17. The maximum atomic E-state index is 10.8. The first-order valence-corrected chi connectivity index (χ1v) is 10.5. The van der Waals surface area contributed by atoms with E-state index in [4.69, 9.17) is 5.73 Å². The van der Waals surface area contributed by atoms with Crippen molar-refractivity contribution in [3.8, 4) is 0 Å². The summed E-state index contributed by atoms with van der Waals surface area (Å²) in [4.78, 5) is 10.8. The smallest absolute Gasteiger partial charge is 0.217 e. The molecular formula is C22H37NO3. The summed E-state index contributed by atoms with van der Waals surface area (Å²) in [6, 6.07) is 0. The van der Waals surface area contributed by atoms with Gasteiger partial charge in [-0.15, -0.1) is 0 Å². The van der Waals surface area contributed by atoms with Crippen molar-refractivity contribution < 1.29 is 15.0 Å². The zero-order valence-electron chi connectivity index (χ0n) is 16.3. The Kier molecular flexibility index (Phi) is 8.86. The second-order valence-electron chi connectivity index (χ2n) is 8.24. The zero-order valence-corrected chi connectivity index (χ0v) is 16.3. The molecule has 5 atom stereocenters. The number of aliphatic hydroxyl groups excluding tert-OH is 2. The van der Waals surface area contributed by atoms with Gasteiger partial charge in [-0.25, -0.2) is 0 Å². The van der Waals surface area contributed by atoms with Gasteiger partial charge >= 0.3 is 0 Å². The molecule has 2 saturated carbocycles. The molecule has 0 heterocycles. The third-order valence-corrected chi connectivity index (χ3v) is 6.08. The van der Waals surface area contributed by atoms with Crippen LogP contribution in [-0.2, 0) is 4.79 Å². The van der Waals surface area contributed by atoms with E-state index < -0.39 is 0 Å². The Balaban J connectivity index is 1.79. The van der Waals surface area contributed by atoms with Crippen molar-refractivity contribution in [2.75, 3.05) is 0 Å². The lowest BCUT2D eigenvalue weighted by Crippen LogP contribution is -2.17. The van der Waals surface area contributed by atoms with Crippen LogP contribution in [0.5, 0.6) is 0 Å². The molecule has 4 N–H and O–H groups in total. The Bertz CT molecular complexity index is 500. The number of amides is 1. The van der Waals surface area contributed by atoms with Gasteiger partial charge in [0, 0.05) is 12.3 Å². The lowest BCUT2D eigenvalue weighted by atomic mass is 9.90. The molecular weight excluding hydrogens is 326 g/mol. The van der Waals surface area contributed by atoms with Crippen LogP contribution in [0.4, 0.5) is 0 Å². The van der Waals surface area contributed by atoms with Crippen LogP contribution >= 0.6 is 0 Å². The molecule has 0 aliphatic heterocycles. The quantitative estimate of drug-likeness (QED) is 0.385. The molecule has 0 radical (unpaired) electrons. The van der Waals surface area contributed by atoms with Crippen LogP contribution in [-0.4, -0.2) is 28.3 Å². The van der Waals surface area contributed by atoms with Crippen LogP contribution in [0, 0.1) is 17.8 Å². The molecule has 1 amide bonds. The Hall–Kier alpha value is -1.13. The van der Waals surface area contributed by atoms with Gasteiger partial charge in [0.05, 0.1) is 12.2 Å². The van der Waals surface area contributed by atoms with Gasteiger partial charge in [-0.1, -0.05) is 50.0 Å². The molecule has 0 aromatic carbocycles. The minimum absolute atomic E-state index is 0.182. The highest BCUT2D eigenvalue weighted by Crippen LogP contribution is 2.50. The van der Waals surface area contributed by atoms with E-state index in [-0.39, 0.29) is 24.0 Å². The van der Waals surface area contributed by atoms with Crippen molar-refractivity contribution in [3.63, 3.8) is 0 Å². The van der Waals surface area contributed by atoms with Gasteiger partial charge in [-0.05, 0) is 56.8 Å². The molecule has 0 bridgehead atoms. The van der Waals surface area contributed by atoms with Crippen molar-refractivity contribution in [1.29, 1.82) is 0 Å². The summed E-state index contributed by atoms with van der Waals surface area (Å²) in [5.41, 5.74) is 6.68. The molecule has 0 saturated heterocycles. The number of nitrogens with two attached hydrogens (primary N) is 1. The van der Waals surface area contributed by atoms with E-state index in [1.54, 1.807) is 0 Å². The summed E-state index contributed by atoms with van der Waals surface area (Å²) in [6.07, 6.45) is 16.3. The standard InChI is InChI=1S/C22H37NO3/c1-2-3-5-9-18(24)11-12-19-20-14-16(13-17(20)15-21(19)25)8-6-4-7-10-22(23)26/h8,11-12,17-21,24-25H,2-7,9-10,13-15H2,1H3,(H2,23,26)/b12-11+,16-8+/t17-,18-,19+,20-,21+/m0/s1. The number of aliphatic hydroxyl groups is 2. The number of rotatable bonds is 11. The largest absolute Gasteiger partial charge is 0.392 e. The Morgan fingerprint density at radius 1 is 1.27 bits per heavy atom. The maximum Gasteiger partial charge on any atom is 0.217 e. The van der Waals surface area contributed by atoms with Gasteiger partial charge in [-0.2, -0.15) is 0 Å². The van der Waals surface area contributed by atoms with Gasteiger partial charge in [0.1, 0.15) is 0 Å². The average molecular weight is 364 g/mol. The number of fused-ring (bicyclic) bond motifs is 1. The van der Waals surface area contributed by atoms with Crippen LogP contribution in [0.3, 0.4) is 0 Å².